The van der Waals surface area contributed by atoms with Crippen molar-refractivity contribution in [2.24, 2.45) is 5.73 Å². The van der Waals surface area contributed by atoms with Crippen LogP contribution in [0.25, 0.3) is 0 Å². The molecule has 1 saturated heterocycles. The van der Waals surface area contributed by atoms with Gasteiger partial charge in [-0.15, -0.1) is 0 Å². The maximum Gasteiger partial charge on any atom is 0.339 e. The number of amides is 2. The van der Waals surface area contributed by atoms with E-state index in [1.807, 2.05) is 0 Å². The molecule has 1 heterocycles. The topological polar surface area (TPSA) is 120 Å². The molecule has 1 aliphatic rings. The third kappa shape index (κ3) is 8.27. The second-order valence-electron chi connectivity index (χ2n) is 9.76. The fourth-order valence-electron chi connectivity index (χ4n) is 4.77. The summed E-state index contributed by atoms with van der Waals surface area (Å²) in [5.74, 6) is 4.02. The molecule has 0 aliphatic carbocycles. The number of nitrogens with zero attached hydrogens (tertiary/aromatic N) is 3. The zero-order chi connectivity index (χ0) is 30.1. The third-order valence-corrected chi connectivity index (χ3v) is 6.95. The van der Waals surface area contributed by atoms with E-state index in [9.17, 15) is 28.7 Å². The molecule has 0 saturated carbocycles. The molecule has 0 bridgehead atoms. The molecule has 9 nitrogen and oxygen atoms in total. The van der Waals surface area contributed by atoms with Crippen LogP contribution in [-0.2, 0) is 0 Å². The van der Waals surface area contributed by atoms with Gasteiger partial charge in [0.05, 0.1) is 12.6 Å². The van der Waals surface area contributed by atoms with E-state index >= 15 is 0 Å². The minimum Gasteiger partial charge on any atom is -0.491 e. The Morgan fingerprint density at radius 2 is 1.55 bits per heavy atom. The number of urea groups is 1. The van der Waals surface area contributed by atoms with Crippen molar-refractivity contribution in [3.8, 4) is 17.6 Å². The molecule has 0 aromatic heterocycles. The number of hydrogen-bond acceptors (Lipinski definition) is 6. The van der Waals surface area contributed by atoms with Gasteiger partial charge < -0.3 is 15.6 Å². The smallest absolute Gasteiger partial charge is 0.339 e. The van der Waals surface area contributed by atoms with Crippen molar-refractivity contribution >= 4 is 12.0 Å². The molecule has 220 valence electrons. The predicted molar refractivity (Wildman–Crippen MR) is 151 cm³/mol. The van der Waals surface area contributed by atoms with Crippen molar-refractivity contribution in [3.05, 3.63) is 101 Å². The molecular weight excluding hydrogens is 546 g/mol. The molecule has 3 aromatic carbocycles. The molecule has 2 amide bonds. The molecule has 11 heteroatoms. The molecule has 0 spiro atoms. The zero-order valence-electron chi connectivity index (χ0n) is 22.9. The first-order chi connectivity index (χ1) is 20.2. The molecule has 0 atom stereocenters. The van der Waals surface area contributed by atoms with Gasteiger partial charge in [0.1, 0.15) is 29.6 Å². The normalized spacial score (nSPS) is 13.8. The van der Waals surface area contributed by atoms with Crippen LogP contribution in [0.3, 0.4) is 0 Å². The minimum absolute atomic E-state index is 0.0195. The Labute approximate surface area is 242 Å². The first-order valence-corrected chi connectivity index (χ1v) is 13.4. The number of piperazine rings is 1. The van der Waals surface area contributed by atoms with Gasteiger partial charge >= 0.3 is 12.0 Å². The quantitative estimate of drug-likeness (QED) is 0.189. The standard InChI is InChI=1S/C31H32F2N4O5/c32-25-9-5-23(6-10-25)29(24-7-11-26(33)12-8-24)36-17-15-35(16-18-36)19-20-42-28-13-4-22(21-27(28)30(38)39)3-1-2-14-37(41)31(34)40/h4-13,21,29,41H,2,14-20H2,(H2,34,40)(H,38,39). The Morgan fingerprint density at radius 3 is 2.10 bits per heavy atom. The summed E-state index contributed by atoms with van der Waals surface area (Å²) in [6.45, 7) is 3.73. The Balaban J connectivity index is 1.32. The molecule has 4 N–H and O–H groups in total. The summed E-state index contributed by atoms with van der Waals surface area (Å²) < 4.78 is 33.0. The van der Waals surface area contributed by atoms with Gasteiger partial charge in [-0.25, -0.2) is 23.4 Å². The number of aromatic carboxylic acids is 1. The van der Waals surface area contributed by atoms with Gasteiger partial charge in [-0.3, -0.25) is 15.0 Å². The molecule has 3 aromatic rings. The van der Waals surface area contributed by atoms with Crippen molar-refractivity contribution in [1.82, 2.24) is 14.9 Å². The van der Waals surface area contributed by atoms with Gasteiger partial charge in [-0.05, 0) is 53.6 Å². The largest absolute Gasteiger partial charge is 0.491 e. The maximum absolute atomic E-state index is 13.6. The minimum atomic E-state index is -1.15. The summed E-state index contributed by atoms with van der Waals surface area (Å²) in [5, 5.41) is 19.3. The number of halogens is 2. The van der Waals surface area contributed by atoms with Gasteiger partial charge in [-0.1, -0.05) is 36.1 Å². The number of rotatable bonds is 10. The van der Waals surface area contributed by atoms with Crippen LogP contribution in [0, 0.1) is 23.5 Å². The summed E-state index contributed by atoms with van der Waals surface area (Å²) in [6, 6.07) is 16.2. The van der Waals surface area contributed by atoms with Gasteiger partial charge in [0.2, 0.25) is 0 Å². The summed E-state index contributed by atoms with van der Waals surface area (Å²) in [6.07, 6.45) is 0.155. The molecule has 1 fully saturated rings. The number of primary amides is 1. The lowest BCUT2D eigenvalue weighted by atomic mass is 9.96. The maximum atomic E-state index is 13.6. The molecule has 1 aliphatic heterocycles. The Kier molecular flexibility index (Phi) is 10.4. The van der Waals surface area contributed by atoms with Crippen LogP contribution in [0.5, 0.6) is 5.75 Å². The highest BCUT2D eigenvalue weighted by Gasteiger charge is 2.26. The highest BCUT2D eigenvalue weighted by Crippen LogP contribution is 2.30. The average Bonchev–Trinajstić information content (AvgIpc) is 2.98. The number of hydroxylamine groups is 2. The van der Waals surface area contributed by atoms with Gasteiger partial charge in [0, 0.05) is 44.7 Å². The van der Waals surface area contributed by atoms with Gasteiger partial charge in [-0.2, -0.15) is 0 Å². The number of carboxylic acid groups (broad SMARTS) is 1. The van der Waals surface area contributed by atoms with Gasteiger partial charge in [0.25, 0.3) is 0 Å². The molecule has 0 radical (unpaired) electrons. The van der Waals surface area contributed by atoms with Crippen molar-refractivity contribution in [1.29, 1.82) is 0 Å². The predicted octanol–water partition coefficient (Wildman–Crippen LogP) is 3.96. The summed E-state index contributed by atoms with van der Waals surface area (Å²) in [7, 11) is 0. The molecular formula is C31H32F2N4O5. The van der Waals surface area contributed by atoms with E-state index in [2.05, 4.69) is 21.6 Å². The second-order valence-corrected chi connectivity index (χ2v) is 9.76. The molecule has 4 rings (SSSR count). The number of carbonyl (C=O) groups excluding carboxylic acids is 1. The number of hydrogen-bond donors (Lipinski definition) is 3. The second kappa shape index (κ2) is 14.4. The van der Waals surface area contributed by atoms with E-state index in [-0.39, 0.29) is 48.6 Å². The fraction of sp³-hybridized carbons (Fsp3) is 0.290. The van der Waals surface area contributed by atoms with Crippen LogP contribution in [0.2, 0.25) is 0 Å². The summed E-state index contributed by atoms with van der Waals surface area (Å²) in [5.41, 5.74) is 7.23. The Morgan fingerprint density at radius 1 is 0.952 bits per heavy atom. The van der Waals surface area contributed by atoms with E-state index < -0.39 is 12.0 Å². The van der Waals surface area contributed by atoms with Gasteiger partial charge in [0.15, 0.2) is 0 Å². The zero-order valence-corrected chi connectivity index (χ0v) is 22.9. The number of carboxylic acids is 1. The Bertz CT molecular complexity index is 1390. The van der Waals surface area contributed by atoms with E-state index in [0.29, 0.717) is 17.2 Å². The number of carbonyl (C=O) groups is 2. The number of nitrogens with two attached hydrogens (primary N) is 1. The lowest BCUT2D eigenvalue weighted by molar-refractivity contribution is -0.0372. The average molecular weight is 579 g/mol. The van der Waals surface area contributed by atoms with E-state index in [4.69, 9.17) is 10.5 Å². The van der Waals surface area contributed by atoms with Crippen LogP contribution in [-0.4, -0.2) is 83.1 Å². The van der Waals surface area contributed by atoms with E-state index in [0.717, 1.165) is 37.3 Å². The first kappa shape index (κ1) is 30.5. The number of benzene rings is 3. The van der Waals surface area contributed by atoms with Crippen LogP contribution in [0.15, 0.2) is 66.7 Å². The highest BCUT2D eigenvalue weighted by molar-refractivity contribution is 5.91. The first-order valence-electron chi connectivity index (χ1n) is 13.4. The lowest BCUT2D eigenvalue weighted by Crippen LogP contribution is -2.48. The SMILES string of the molecule is NC(=O)N(O)CCC#Cc1ccc(OCCN2CCN(C(c3ccc(F)cc3)c3ccc(F)cc3)CC2)c(C(=O)O)c1. The van der Waals surface area contributed by atoms with Crippen molar-refractivity contribution in [3.63, 3.8) is 0 Å². The Hall–Kier alpha value is -4.50. The summed E-state index contributed by atoms with van der Waals surface area (Å²) >= 11 is 0. The monoisotopic (exact) mass is 578 g/mol. The molecule has 42 heavy (non-hydrogen) atoms. The van der Waals surface area contributed by atoms with Crippen molar-refractivity contribution < 1.29 is 33.4 Å². The van der Waals surface area contributed by atoms with E-state index in [1.165, 1.54) is 30.3 Å². The van der Waals surface area contributed by atoms with Crippen LogP contribution in [0.4, 0.5) is 13.6 Å². The van der Waals surface area contributed by atoms with E-state index in [1.54, 1.807) is 36.4 Å². The number of ether oxygens (including phenoxy) is 1. The lowest BCUT2D eigenvalue weighted by Gasteiger charge is -2.39. The fourth-order valence-corrected chi connectivity index (χ4v) is 4.77. The third-order valence-electron chi connectivity index (χ3n) is 6.95. The molecule has 0 unspecified atom stereocenters. The van der Waals surface area contributed by atoms with Crippen LogP contribution in [0.1, 0.15) is 39.5 Å². The summed E-state index contributed by atoms with van der Waals surface area (Å²) in [4.78, 5) is 27.2. The highest BCUT2D eigenvalue weighted by atomic mass is 19.1. The van der Waals surface area contributed by atoms with Crippen molar-refractivity contribution in [2.45, 2.75) is 12.5 Å². The van der Waals surface area contributed by atoms with Crippen molar-refractivity contribution in [2.75, 3.05) is 45.9 Å². The van der Waals surface area contributed by atoms with Crippen LogP contribution < -0.4 is 10.5 Å². The van der Waals surface area contributed by atoms with Crippen LogP contribution >= 0.6 is 0 Å².